The first-order chi connectivity index (χ1) is 11.9. The molecule has 3 rings (SSSR count). The Morgan fingerprint density at radius 2 is 1.17 bits per heavy atom. The van der Waals surface area contributed by atoms with Crippen molar-refractivity contribution in [3.05, 3.63) is 107 Å². The van der Waals surface area contributed by atoms with Crippen molar-refractivity contribution < 1.29 is 0 Å². The fraction of sp³-hybridized carbons (Fsp3) is 0.167. The highest BCUT2D eigenvalue weighted by atomic mass is 14.2. The van der Waals surface area contributed by atoms with Gasteiger partial charge < -0.3 is 0 Å². The minimum Gasteiger partial charge on any atom is -0.120 e. The molecule has 0 saturated carbocycles. The maximum atomic E-state index is 5.35. The molecule has 0 heteroatoms. The molecule has 0 saturated heterocycles. The van der Waals surface area contributed by atoms with Gasteiger partial charge in [-0.1, -0.05) is 84.9 Å². The zero-order valence-electron chi connectivity index (χ0n) is 13.9. The zero-order valence-corrected chi connectivity index (χ0v) is 13.9. The second-order valence-electron chi connectivity index (χ2n) is 6.10. The molecular formula is C24H22. The van der Waals surface area contributed by atoms with Crippen LogP contribution >= 0.6 is 0 Å². The topological polar surface area (TPSA) is 0 Å². The normalized spacial score (nSPS) is 10.5. The van der Waals surface area contributed by atoms with Gasteiger partial charge in [-0.15, -0.1) is 12.3 Å². The highest BCUT2D eigenvalue weighted by Gasteiger charge is 2.14. The SMILES string of the molecule is C#CCCc1ccc(CC(c2ccccc2)c2ccccc2)cc1. The predicted molar refractivity (Wildman–Crippen MR) is 102 cm³/mol. The third-order valence-electron chi connectivity index (χ3n) is 4.42. The highest BCUT2D eigenvalue weighted by molar-refractivity contribution is 5.35. The maximum Gasteiger partial charge on any atom is 0.0130 e. The van der Waals surface area contributed by atoms with Crippen LogP contribution in [0.1, 0.15) is 34.6 Å². The highest BCUT2D eigenvalue weighted by Crippen LogP contribution is 2.28. The molecule has 0 aliphatic heterocycles. The lowest BCUT2D eigenvalue weighted by Gasteiger charge is -2.18. The minimum atomic E-state index is 0.379. The van der Waals surface area contributed by atoms with Gasteiger partial charge in [0.25, 0.3) is 0 Å². The zero-order chi connectivity index (χ0) is 16.6. The summed E-state index contributed by atoms with van der Waals surface area (Å²) in [6.45, 7) is 0. The van der Waals surface area contributed by atoms with Crippen molar-refractivity contribution in [1.29, 1.82) is 0 Å². The number of hydrogen-bond donors (Lipinski definition) is 0. The number of hydrogen-bond acceptors (Lipinski definition) is 0. The third kappa shape index (κ3) is 4.15. The van der Waals surface area contributed by atoms with Crippen molar-refractivity contribution in [1.82, 2.24) is 0 Å². The Morgan fingerprint density at radius 1 is 0.667 bits per heavy atom. The summed E-state index contributed by atoms with van der Waals surface area (Å²) in [5, 5.41) is 0. The first-order valence-corrected chi connectivity index (χ1v) is 8.48. The van der Waals surface area contributed by atoms with E-state index in [9.17, 15) is 0 Å². The Kier molecular flexibility index (Phi) is 5.48. The standard InChI is InChI=1S/C24H22/c1-2-3-10-20-15-17-21(18-16-20)19-24(22-11-6-4-7-12-22)23-13-8-5-9-14-23/h1,4-9,11-18,24H,3,10,19H2. The van der Waals surface area contributed by atoms with Crippen molar-refractivity contribution in [3.63, 3.8) is 0 Å². The van der Waals surface area contributed by atoms with Crippen molar-refractivity contribution >= 4 is 0 Å². The lowest BCUT2D eigenvalue weighted by atomic mass is 9.86. The molecule has 24 heavy (non-hydrogen) atoms. The lowest BCUT2D eigenvalue weighted by Crippen LogP contribution is -2.05. The Balaban J connectivity index is 1.83. The largest absolute Gasteiger partial charge is 0.120 e. The van der Waals surface area contributed by atoms with Crippen molar-refractivity contribution in [2.75, 3.05) is 0 Å². The first-order valence-electron chi connectivity index (χ1n) is 8.48. The van der Waals surface area contributed by atoms with E-state index < -0.39 is 0 Å². The van der Waals surface area contributed by atoms with E-state index in [1.165, 1.54) is 22.3 Å². The summed E-state index contributed by atoms with van der Waals surface area (Å²) >= 11 is 0. The van der Waals surface area contributed by atoms with Crippen LogP contribution in [0.4, 0.5) is 0 Å². The predicted octanol–water partition coefficient (Wildman–Crippen LogP) is 5.63. The van der Waals surface area contributed by atoms with Gasteiger partial charge >= 0.3 is 0 Å². The average Bonchev–Trinajstić information content (AvgIpc) is 2.67. The van der Waals surface area contributed by atoms with Crippen LogP contribution in [-0.2, 0) is 12.8 Å². The van der Waals surface area contributed by atoms with E-state index in [1.807, 2.05) is 0 Å². The van der Waals surface area contributed by atoms with Gasteiger partial charge in [0.1, 0.15) is 0 Å². The van der Waals surface area contributed by atoms with Gasteiger partial charge in [-0.3, -0.25) is 0 Å². The lowest BCUT2D eigenvalue weighted by molar-refractivity contribution is 0.804. The average molecular weight is 310 g/mol. The van der Waals surface area contributed by atoms with E-state index in [0.29, 0.717) is 5.92 Å². The van der Waals surface area contributed by atoms with Crippen LogP contribution in [0.2, 0.25) is 0 Å². The van der Waals surface area contributed by atoms with E-state index in [4.69, 9.17) is 6.42 Å². The van der Waals surface area contributed by atoms with Gasteiger partial charge in [-0.2, -0.15) is 0 Å². The van der Waals surface area contributed by atoms with Gasteiger partial charge in [-0.25, -0.2) is 0 Å². The van der Waals surface area contributed by atoms with Crippen molar-refractivity contribution in [2.24, 2.45) is 0 Å². The summed E-state index contributed by atoms with van der Waals surface area (Å²) in [5.41, 5.74) is 5.39. The summed E-state index contributed by atoms with van der Waals surface area (Å²) in [6, 6.07) is 30.4. The molecule has 3 aromatic rings. The maximum absolute atomic E-state index is 5.35. The van der Waals surface area contributed by atoms with E-state index >= 15 is 0 Å². The quantitative estimate of drug-likeness (QED) is 0.518. The number of rotatable bonds is 6. The summed E-state index contributed by atoms with van der Waals surface area (Å²) in [5.74, 6) is 3.08. The molecule has 118 valence electrons. The minimum absolute atomic E-state index is 0.379. The monoisotopic (exact) mass is 310 g/mol. The van der Waals surface area contributed by atoms with Crippen LogP contribution < -0.4 is 0 Å². The van der Waals surface area contributed by atoms with Crippen LogP contribution in [0.25, 0.3) is 0 Å². The Morgan fingerprint density at radius 3 is 1.67 bits per heavy atom. The smallest absolute Gasteiger partial charge is 0.0130 e. The number of aryl methyl sites for hydroxylation is 1. The van der Waals surface area contributed by atoms with E-state index in [-0.39, 0.29) is 0 Å². The fourth-order valence-electron chi connectivity index (χ4n) is 3.09. The molecule has 0 unspecified atom stereocenters. The van der Waals surface area contributed by atoms with E-state index in [1.54, 1.807) is 0 Å². The Hall–Kier alpha value is -2.78. The van der Waals surface area contributed by atoms with Crippen LogP contribution in [0.15, 0.2) is 84.9 Å². The second kappa shape index (κ2) is 8.18. The molecular weight excluding hydrogens is 288 g/mol. The van der Waals surface area contributed by atoms with Crippen LogP contribution in [-0.4, -0.2) is 0 Å². The summed E-state index contributed by atoms with van der Waals surface area (Å²) in [6.07, 6.45) is 8.11. The summed E-state index contributed by atoms with van der Waals surface area (Å²) < 4.78 is 0. The van der Waals surface area contributed by atoms with Gasteiger partial charge in [0.05, 0.1) is 0 Å². The number of benzene rings is 3. The molecule has 0 bridgehead atoms. The van der Waals surface area contributed by atoms with Crippen LogP contribution in [0.3, 0.4) is 0 Å². The molecule has 0 fully saturated rings. The molecule has 0 atom stereocenters. The van der Waals surface area contributed by atoms with Gasteiger partial charge in [-0.05, 0) is 35.1 Å². The van der Waals surface area contributed by atoms with Crippen molar-refractivity contribution in [2.45, 2.75) is 25.2 Å². The molecule has 0 radical (unpaired) electrons. The molecule has 0 spiro atoms. The first kappa shape index (κ1) is 16.1. The summed E-state index contributed by atoms with van der Waals surface area (Å²) in [7, 11) is 0. The van der Waals surface area contributed by atoms with Gasteiger partial charge in [0.2, 0.25) is 0 Å². The van der Waals surface area contributed by atoms with Crippen LogP contribution in [0, 0.1) is 12.3 Å². The van der Waals surface area contributed by atoms with E-state index in [2.05, 4.69) is 90.8 Å². The molecule has 0 heterocycles. The Labute approximate surface area is 145 Å². The molecule has 0 aliphatic rings. The van der Waals surface area contributed by atoms with Gasteiger partial charge in [0.15, 0.2) is 0 Å². The molecule has 3 aromatic carbocycles. The molecule has 0 aromatic heterocycles. The van der Waals surface area contributed by atoms with Crippen LogP contribution in [0.5, 0.6) is 0 Å². The fourth-order valence-corrected chi connectivity index (χ4v) is 3.09. The Bertz CT molecular complexity index is 737. The molecule has 0 nitrogen and oxygen atoms in total. The third-order valence-corrected chi connectivity index (χ3v) is 4.42. The van der Waals surface area contributed by atoms with E-state index in [0.717, 1.165) is 19.3 Å². The molecule has 0 amide bonds. The van der Waals surface area contributed by atoms with Gasteiger partial charge in [0, 0.05) is 12.3 Å². The molecule has 0 aliphatic carbocycles. The number of terminal acetylenes is 1. The summed E-state index contributed by atoms with van der Waals surface area (Å²) in [4.78, 5) is 0. The molecule has 0 N–H and O–H groups in total. The second-order valence-corrected chi connectivity index (χ2v) is 6.10. The van der Waals surface area contributed by atoms with Crippen molar-refractivity contribution in [3.8, 4) is 12.3 Å².